The average Bonchev–Trinajstić information content (AvgIpc) is 2.57. The Balaban J connectivity index is 4.38. The van der Waals surface area contributed by atoms with Crippen molar-refractivity contribution in [1.82, 2.24) is 10.2 Å². The molecule has 0 aliphatic carbocycles. The summed E-state index contributed by atoms with van der Waals surface area (Å²) < 4.78 is 5.93. The van der Waals surface area contributed by atoms with Gasteiger partial charge in [0.1, 0.15) is 12.1 Å². The van der Waals surface area contributed by atoms with E-state index in [-0.39, 0.29) is 36.4 Å². The number of carbonyl (C=O) groups excluding carboxylic acids is 4. The maximum absolute atomic E-state index is 12.2. The maximum atomic E-state index is 12.2. The number of nitrogens with zero attached hydrogens (tertiary/aromatic N) is 1. The van der Waals surface area contributed by atoms with Gasteiger partial charge in [-0.05, 0) is 40.5 Å². The minimum absolute atomic E-state index is 0.0955. The standard InChI is InChI=1S/C21H38N2O5/c1-8-21(6,14-17(3)25)28-12-10-20(4,5)22-18(26)9-11-23(7)19(27)13-16(2)15-24/h15-16H,8-14H2,1-7H3,(H,22,26). The number of amides is 2. The highest BCUT2D eigenvalue weighted by atomic mass is 16.5. The largest absolute Gasteiger partial charge is 0.375 e. The number of rotatable bonds is 14. The SMILES string of the molecule is CCC(C)(CC(C)=O)OCCC(C)(C)NC(=O)CCN(C)C(=O)CC(C)C=O. The third kappa shape index (κ3) is 11.2. The molecule has 0 rings (SSSR count). The summed E-state index contributed by atoms with van der Waals surface area (Å²) in [6.45, 7) is 11.7. The molecular weight excluding hydrogens is 360 g/mol. The zero-order valence-electron chi connectivity index (χ0n) is 18.6. The molecule has 7 heteroatoms. The molecule has 1 N–H and O–H groups in total. The Morgan fingerprint density at radius 2 is 1.82 bits per heavy atom. The Kier molecular flexibility index (Phi) is 11.2. The summed E-state index contributed by atoms with van der Waals surface area (Å²) in [4.78, 5) is 47.7. The minimum atomic E-state index is -0.479. The number of ether oxygens (including phenoxy) is 1. The first-order valence-electron chi connectivity index (χ1n) is 9.98. The molecule has 0 fully saturated rings. The third-order valence-electron chi connectivity index (χ3n) is 4.86. The van der Waals surface area contributed by atoms with Gasteiger partial charge in [-0.15, -0.1) is 0 Å². The summed E-state index contributed by atoms with van der Waals surface area (Å²) in [7, 11) is 1.63. The lowest BCUT2D eigenvalue weighted by atomic mass is 9.96. The smallest absolute Gasteiger partial charge is 0.223 e. The van der Waals surface area contributed by atoms with Crippen molar-refractivity contribution >= 4 is 23.9 Å². The van der Waals surface area contributed by atoms with Crippen LogP contribution in [0.3, 0.4) is 0 Å². The van der Waals surface area contributed by atoms with Gasteiger partial charge in [-0.2, -0.15) is 0 Å². The second-order valence-corrected chi connectivity index (χ2v) is 8.60. The molecule has 0 bridgehead atoms. The van der Waals surface area contributed by atoms with Gasteiger partial charge in [-0.25, -0.2) is 0 Å². The summed E-state index contributed by atoms with van der Waals surface area (Å²) in [6.07, 6.45) is 2.82. The van der Waals surface area contributed by atoms with Crippen molar-refractivity contribution in [2.45, 2.75) is 84.8 Å². The summed E-state index contributed by atoms with van der Waals surface area (Å²) in [6, 6.07) is 0. The van der Waals surface area contributed by atoms with Crippen molar-refractivity contribution < 1.29 is 23.9 Å². The van der Waals surface area contributed by atoms with Gasteiger partial charge < -0.3 is 19.7 Å². The lowest BCUT2D eigenvalue weighted by molar-refractivity contribution is -0.133. The van der Waals surface area contributed by atoms with Crippen LogP contribution in [0.1, 0.15) is 73.6 Å². The van der Waals surface area contributed by atoms with Crippen LogP contribution in [-0.4, -0.2) is 60.1 Å². The van der Waals surface area contributed by atoms with Gasteiger partial charge in [0.25, 0.3) is 0 Å². The van der Waals surface area contributed by atoms with Crippen molar-refractivity contribution in [1.29, 1.82) is 0 Å². The zero-order chi connectivity index (χ0) is 22.0. The monoisotopic (exact) mass is 398 g/mol. The normalized spacial score (nSPS) is 14.7. The zero-order valence-corrected chi connectivity index (χ0v) is 18.6. The van der Waals surface area contributed by atoms with E-state index in [2.05, 4.69) is 5.32 Å². The third-order valence-corrected chi connectivity index (χ3v) is 4.86. The number of aldehydes is 1. The first kappa shape index (κ1) is 26.2. The molecule has 7 nitrogen and oxygen atoms in total. The molecule has 0 saturated carbocycles. The Labute approximate surface area is 169 Å². The first-order chi connectivity index (χ1) is 12.8. The summed E-state index contributed by atoms with van der Waals surface area (Å²) in [5, 5.41) is 2.97. The Morgan fingerprint density at radius 1 is 1.21 bits per heavy atom. The average molecular weight is 399 g/mol. The van der Waals surface area contributed by atoms with Crippen LogP contribution in [0.2, 0.25) is 0 Å². The number of carbonyl (C=O) groups is 4. The van der Waals surface area contributed by atoms with E-state index in [1.807, 2.05) is 27.7 Å². The van der Waals surface area contributed by atoms with Crippen molar-refractivity contribution in [2.24, 2.45) is 5.92 Å². The quantitative estimate of drug-likeness (QED) is 0.454. The molecular formula is C21H38N2O5. The van der Waals surface area contributed by atoms with Crippen LogP contribution in [0.15, 0.2) is 0 Å². The van der Waals surface area contributed by atoms with Gasteiger partial charge in [-0.1, -0.05) is 13.8 Å². The molecule has 162 valence electrons. The van der Waals surface area contributed by atoms with E-state index in [0.29, 0.717) is 26.0 Å². The topological polar surface area (TPSA) is 92.8 Å². The lowest BCUT2D eigenvalue weighted by Gasteiger charge is -2.31. The van der Waals surface area contributed by atoms with Gasteiger partial charge >= 0.3 is 0 Å². The van der Waals surface area contributed by atoms with Gasteiger partial charge in [-0.3, -0.25) is 14.4 Å². The molecule has 28 heavy (non-hydrogen) atoms. The predicted molar refractivity (Wildman–Crippen MR) is 109 cm³/mol. The molecule has 2 amide bonds. The van der Waals surface area contributed by atoms with Crippen molar-refractivity contribution in [2.75, 3.05) is 20.2 Å². The maximum Gasteiger partial charge on any atom is 0.223 e. The van der Waals surface area contributed by atoms with Gasteiger partial charge in [0.05, 0.1) is 5.60 Å². The molecule has 0 aromatic heterocycles. The van der Waals surface area contributed by atoms with Crippen LogP contribution in [0.25, 0.3) is 0 Å². The van der Waals surface area contributed by atoms with Crippen molar-refractivity contribution in [3.8, 4) is 0 Å². The van der Waals surface area contributed by atoms with Crippen LogP contribution < -0.4 is 5.32 Å². The van der Waals surface area contributed by atoms with E-state index in [1.165, 1.54) is 4.90 Å². The summed E-state index contributed by atoms with van der Waals surface area (Å²) >= 11 is 0. The van der Waals surface area contributed by atoms with E-state index in [9.17, 15) is 19.2 Å². The number of nitrogens with one attached hydrogen (secondary N) is 1. The Bertz CT molecular complexity index is 547. The van der Waals surface area contributed by atoms with Gasteiger partial charge in [0.2, 0.25) is 11.8 Å². The molecule has 0 aromatic carbocycles. The van der Waals surface area contributed by atoms with Crippen LogP contribution in [0.5, 0.6) is 0 Å². The minimum Gasteiger partial charge on any atom is -0.375 e. The Morgan fingerprint density at radius 3 is 2.32 bits per heavy atom. The van der Waals surface area contributed by atoms with E-state index in [0.717, 1.165) is 12.7 Å². The van der Waals surface area contributed by atoms with Crippen LogP contribution >= 0.6 is 0 Å². The van der Waals surface area contributed by atoms with Crippen molar-refractivity contribution in [3.63, 3.8) is 0 Å². The van der Waals surface area contributed by atoms with E-state index in [4.69, 9.17) is 4.74 Å². The van der Waals surface area contributed by atoms with Crippen LogP contribution in [0.4, 0.5) is 0 Å². The van der Waals surface area contributed by atoms with E-state index in [1.54, 1.807) is 20.9 Å². The summed E-state index contributed by atoms with van der Waals surface area (Å²) in [5.41, 5.74) is -0.940. The van der Waals surface area contributed by atoms with Gasteiger partial charge in [0.15, 0.2) is 0 Å². The fraction of sp³-hybridized carbons (Fsp3) is 0.810. The fourth-order valence-corrected chi connectivity index (χ4v) is 2.73. The molecule has 0 aromatic rings. The molecule has 0 saturated heterocycles. The fourth-order valence-electron chi connectivity index (χ4n) is 2.73. The molecule has 2 atom stereocenters. The number of hydrogen-bond donors (Lipinski definition) is 1. The van der Waals surface area contributed by atoms with Crippen LogP contribution in [-0.2, 0) is 23.9 Å². The van der Waals surface area contributed by atoms with Crippen molar-refractivity contribution in [3.05, 3.63) is 0 Å². The lowest BCUT2D eigenvalue weighted by Crippen LogP contribution is -2.46. The molecule has 0 spiro atoms. The Hall–Kier alpha value is -1.76. The second kappa shape index (κ2) is 11.9. The highest BCUT2D eigenvalue weighted by Gasteiger charge is 2.27. The summed E-state index contributed by atoms with van der Waals surface area (Å²) in [5.74, 6) is -0.517. The van der Waals surface area contributed by atoms with E-state index < -0.39 is 11.1 Å². The number of Topliss-reactive ketones (excluding diaryl/α,β-unsaturated/α-hetero) is 1. The number of hydrogen-bond acceptors (Lipinski definition) is 5. The highest BCUT2D eigenvalue weighted by Crippen LogP contribution is 2.22. The molecule has 2 unspecified atom stereocenters. The van der Waals surface area contributed by atoms with E-state index >= 15 is 0 Å². The second-order valence-electron chi connectivity index (χ2n) is 8.60. The first-order valence-corrected chi connectivity index (χ1v) is 9.98. The molecule has 0 aliphatic rings. The molecule has 0 aliphatic heterocycles. The molecule has 0 heterocycles. The molecule has 0 radical (unpaired) electrons. The number of ketones is 1. The highest BCUT2D eigenvalue weighted by molar-refractivity contribution is 5.80. The predicted octanol–water partition coefficient (Wildman–Crippen LogP) is 2.51. The van der Waals surface area contributed by atoms with Gasteiger partial charge in [0, 0.05) is 50.9 Å². The van der Waals surface area contributed by atoms with Crippen LogP contribution in [0, 0.1) is 5.92 Å².